The number of hydrogen-bond donors (Lipinski definition) is 2. The summed E-state index contributed by atoms with van der Waals surface area (Å²) in [5.41, 5.74) is 1.82. The monoisotopic (exact) mass is 236 g/mol. The van der Waals surface area contributed by atoms with Gasteiger partial charge in [-0.25, -0.2) is 4.98 Å². The number of nitrogens with one attached hydrogen (secondary N) is 2. The minimum Gasteiger partial charge on any atom is -0.320 e. The van der Waals surface area contributed by atoms with Gasteiger partial charge in [0.05, 0.1) is 23.6 Å². The number of aryl methyl sites for hydroxylation is 1. The van der Waals surface area contributed by atoms with E-state index >= 15 is 0 Å². The fraction of sp³-hybridized carbons (Fsp3) is 0.100. The highest BCUT2D eigenvalue weighted by molar-refractivity contribution is 6.29. The van der Waals surface area contributed by atoms with Crippen LogP contribution in [0, 0.1) is 6.92 Å². The van der Waals surface area contributed by atoms with Gasteiger partial charge in [0.15, 0.2) is 0 Å². The van der Waals surface area contributed by atoms with Crippen molar-refractivity contribution in [3.63, 3.8) is 0 Å². The Bertz CT molecular complexity index is 506. The summed E-state index contributed by atoms with van der Waals surface area (Å²) in [5.74, 6) is -0.227. The summed E-state index contributed by atoms with van der Waals surface area (Å²) in [6, 6.07) is 3.29. The van der Waals surface area contributed by atoms with Gasteiger partial charge >= 0.3 is 0 Å². The van der Waals surface area contributed by atoms with Gasteiger partial charge in [-0.15, -0.1) is 0 Å². The molecule has 2 aromatic heterocycles. The van der Waals surface area contributed by atoms with Gasteiger partial charge in [-0.1, -0.05) is 11.6 Å². The standard InChI is InChI=1S/C10H9ClN4O/c1-6-8(5-13-15-6)10(16)14-7-2-3-9(11)12-4-7/h2-5H,1H3,(H,13,15)(H,14,16). The second-order valence-corrected chi connectivity index (χ2v) is 3.62. The van der Waals surface area contributed by atoms with Crippen molar-refractivity contribution < 1.29 is 4.79 Å². The number of aromatic amines is 1. The smallest absolute Gasteiger partial charge is 0.259 e. The molecule has 0 spiro atoms. The number of pyridine rings is 1. The quantitative estimate of drug-likeness (QED) is 0.784. The number of carbonyl (C=O) groups is 1. The lowest BCUT2D eigenvalue weighted by atomic mass is 10.2. The van der Waals surface area contributed by atoms with Gasteiger partial charge < -0.3 is 5.32 Å². The number of nitrogens with zero attached hydrogens (tertiary/aromatic N) is 2. The van der Waals surface area contributed by atoms with Gasteiger partial charge in [0.1, 0.15) is 5.15 Å². The Hall–Kier alpha value is -1.88. The van der Waals surface area contributed by atoms with Gasteiger partial charge in [0.25, 0.3) is 5.91 Å². The van der Waals surface area contributed by atoms with E-state index in [0.717, 1.165) is 5.69 Å². The maximum Gasteiger partial charge on any atom is 0.259 e. The molecule has 0 unspecified atom stereocenters. The fourth-order valence-corrected chi connectivity index (χ4v) is 1.34. The van der Waals surface area contributed by atoms with Crippen molar-refractivity contribution in [2.75, 3.05) is 5.32 Å². The summed E-state index contributed by atoms with van der Waals surface area (Å²) in [5, 5.41) is 9.55. The number of aromatic nitrogens is 3. The molecular weight excluding hydrogens is 228 g/mol. The summed E-state index contributed by atoms with van der Waals surface area (Å²) in [6.45, 7) is 1.78. The second kappa shape index (κ2) is 4.32. The minimum atomic E-state index is -0.227. The topological polar surface area (TPSA) is 70.7 Å². The van der Waals surface area contributed by atoms with E-state index in [1.807, 2.05) is 0 Å². The number of amides is 1. The van der Waals surface area contributed by atoms with Crippen LogP contribution in [0.15, 0.2) is 24.5 Å². The van der Waals surface area contributed by atoms with E-state index in [1.54, 1.807) is 19.1 Å². The Morgan fingerprint density at radius 1 is 1.44 bits per heavy atom. The van der Waals surface area contributed by atoms with E-state index in [1.165, 1.54) is 12.4 Å². The third-order valence-electron chi connectivity index (χ3n) is 2.06. The lowest BCUT2D eigenvalue weighted by Crippen LogP contribution is -2.12. The molecule has 0 aliphatic carbocycles. The first kappa shape index (κ1) is 10.6. The summed E-state index contributed by atoms with van der Waals surface area (Å²) in [4.78, 5) is 15.6. The first-order valence-electron chi connectivity index (χ1n) is 4.59. The second-order valence-electron chi connectivity index (χ2n) is 3.23. The molecule has 0 saturated heterocycles. The number of hydrogen-bond acceptors (Lipinski definition) is 3. The van der Waals surface area contributed by atoms with Crippen molar-refractivity contribution in [3.8, 4) is 0 Å². The highest BCUT2D eigenvalue weighted by Crippen LogP contribution is 2.12. The molecule has 2 N–H and O–H groups in total. The van der Waals surface area contributed by atoms with Crippen molar-refractivity contribution >= 4 is 23.2 Å². The van der Waals surface area contributed by atoms with Gasteiger partial charge in [-0.2, -0.15) is 5.10 Å². The van der Waals surface area contributed by atoms with E-state index in [4.69, 9.17) is 11.6 Å². The Morgan fingerprint density at radius 3 is 2.81 bits per heavy atom. The third-order valence-corrected chi connectivity index (χ3v) is 2.28. The molecule has 16 heavy (non-hydrogen) atoms. The lowest BCUT2D eigenvalue weighted by molar-refractivity contribution is 0.102. The normalized spacial score (nSPS) is 10.1. The van der Waals surface area contributed by atoms with E-state index in [0.29, 0.717) is 16.4 Å². The first-order valence-corrected chi connectivity index (χ1v) is 4.97. The summed E-state index contributed by atoms with van der Waals surface area (Å²) in [7, 11) is 0. The predicted octanol–water partition coefficient (Wildman–Crippen LogP) is 2.02. The molecule has 0 radical (unpaired) electrons. The molecule has 6 heteroatoms. The molecule has 5 nitrogen and oxygen atoms in total. The predicted molar refractivity (Wildman–Crippen MR) is 60.5 cm³/mol. The maximum atomic E-state index is 11.7. The molecule has 0 aromatic carbocycles. The van der Waals surface area contributed by atoms with E-state index in [9.17, 15) is 4.79 Å². The number of rotatable bonds is 2. The minimum absolute atomic E-state index is 0.227. The molecule has 2 rings (SSSR count). The average Bonchev–Trinajstić information content (AvgIpc) is 2.68. The van der Waals surface area contributed by atoms with Crippen LogP contribution in [0.1, 0.15) is 16.1 Å². The zero-order chi connectivity index (χ0) is 11.5. The van der Waals surface area contributed by atoms with Gasteiger partial charge in [-0.3, -0.25) is 9.89 Å². The van der Waals surface area contributed by atoms with E-state index in [-0.39, 0.29) is 5.91 Å². The Labute approximate surface area is 96.8 Å². The molecular formula is C10H9ClN4O. The van der Waals surface area contributed by atoms with E-state index < -0.39 is 0 Å². The van der Waals surface area contributed by atoms with Gasteiger partial charge in [0.2, 0.25) is 0 Å². The van der Waals surface area contributed by atoms with Crippen LogP contribution in [-0.4, -0.2) is 21.1 Å². The highest BCUT2D eigenvalue weighted by Gasteiger charge is 2.10. The molecule has 0 aliphatic rings. The molecule has 1 amide bonds. The highest BCUT2D eigenvalue weighted by atomic mass is 35.5. The number of H-pyrrole nitrogens is 1. The van der Waals surface area contributed by atoms with Crippen molar-refractivity contribution in [3.05, 3.63) is 40.9 Å². The third kappa shape index (κ3) is 2.20. The number of halogens is 1. The summed E-state index contributed by atoms with van der Waals surface area (Å²) in [6.07, 6.45) is 2.98. The largest absolute Gasteiger partial charge is 0.320 e. The SMILES string of the molecule is Cc1[nH]ncc1C(=O)Nc1ccc(Cl)nc1. The van der Waals surface area contributed by atoms with Crippen LogP contribution in [0.4, 0.5) is 5.69 Å². The molecule has 0 fully saturated rings. The molecule has 0 bridgehead atoms. The Kier molecular flexibility index (Phi) is 2.87. The molecule has 2 aromatic rings. The van der Waals surface area contributed by atoms with Gasteiger partial charge in [0, 0.05) is 5.69 Å². The van der Waals surface area contributed by atoms with Gasteiger partial charge in [-0.05, 0) is 19.1 Å². The zero-order valence-electron chi connectivity index (χ0n) is 8.49. The summed E-state index contributed by atoms with van der Waals surface area (Å²) >= 11 is 5.63. The molecule has 82 valence electrons. The molecule has 0 aliphatic heterocycles. The van der Waals surface area contributed by atoms with Crippen molar-refractivity contribution in [2.45, 2.75) is 6.92 Å². The van der Waals surface area contributed by atoms with Crippen molar-refractivity contribution in [1.82, 2.24) is 15.2 Å². The summed E-state index contributed by atoms with van der Waals surface area (Å²) < 4.78 is 0. The van der Waals surface area contributed by atoms with Crippen LogP contribution in [0.25, 0.3) is 0 Å². The Morgan fingerprint density at radius 2 is 2.25 bits per heavy atom. The zero-order valence-corrected chi connectivity index (χ0v) is 9.25. The first-order chi connectivity index (χ1) is 7.66. The number of anilines is 1. The Balaban J connectivity index is 2.14. The van der Waals surface area contributed by atoms with Crippen LogP contribution in [-0.2, 0) is 0 Å². The van der Waals surface area contributed by atoms with Crippen LogP contribution < -0.4 is 5.32 Å². The van der Waals surface area contributed by atoms with Crippen molar-refractivity contribution in [1.29, 1.82) is 0 Å². The molecule has 0 atom stereocenters. The van der Waals surface area contributed by atoms with Crippen LogP contribution in [0.3, 0.4) is 0 Å². The van der Waals surface area contributed by atoms with Crippen LogP contribution >= 0.6 is 11.6 Å². The maximum absolute atomic E-state index is 11.7. The molecule has 0 saturated carbocycles. The van der Waals surface area contributed by atoms with Crippen molar-refractivity contribution in [2.24, 2.45) is 0 Å². The number of carbonyl (C=O) groups excluding carboxylic acids is 1. The lowest BCUT2D eigenvalue weighted by Gasteiger charge is -2.03. The molecule has 2 heterocycles. The van der Waals surface area contributed by atoms with Crippen LogP contribution in [0.2, 0.25) is 5.15 Å². The average molecular weight is 237 g/mol. The fourth-order valence-electron chi connectivity index (χ4n) is 1.23. The van der Waals surface area contributed by atoms with Crippen LogP contribution in [0.5, 0.6) is 0 Å². The van der Waals surface area contributed by atoms with E-state index in [2.05, 4.69) is 20.5 Å².